The molecule has 0 fully saturated rings. The van der Waals surface area contributed by atoms with Crippen molar-refractivity contribution in [1.82, 2.24) is 0 Å². The third-order valence-corrected chi connectivity index (χ3v) is 5.38. The molecule has 0 heterocycles. The van der Waals surface area contributed by atoms with Crippen LogP contribution in [0.5, 0.6) is 0 Å². The van der Waals surface area contributed by atoms with E-state index in [-0.39, 0.29) is 0 Å². The Hall–Kier alpha value is -3.94. The summed E-state index contributed by atoms with van der Waals surface area (Å²) >= 11 is 0. The van der Waals surface area contributed by atoms with Crippen molar-refractivity contribution in [2.75, 3.05) is 19.0 Å². The van der Waals surface area contributed by atoms with Gasteiger partial charge in [0, 0.05) is 30.9 Å². The molecule has 1 nitrogen and oxygen atoms in total. The molecular formula is C28H19N. The van der Waals surface area contributed by atoms with E-state index in [1.165, 1.54) is 32.3 Å². The third-order valence-electron chi connectivity index (χ3n) is 5.38. The normalized spacial score (nSPS) is 10.6. The fourth-order valence-electron chi connectivity index (χ4n) is 3.89. The molecule has 0 saturated carbocycles. The van der Waals surface area contributed by atoms with Gasteiger partial charge in [0.1, 0.15) is 0 Å². The molecule has 0 unspecified atom stereocenters. The largest absolute Gasteiger partial charge is 0.378 e. The van der Waals surface area contributed by atoms with E-state index in [9.17, 15) is 0 Å². The molecule has 0 saturated heterocycles. The molecule has 0 spiro atoms. The first-order valence-corrected chi connectivity index (χ1v) is 9.67. The first-order chi connectivity index (χ1) is 14.2. The van der Waals surface area contributed by atoms with Crippen molar-refractivity contribution in [1.29, 1.82) is 0 Å². The maximum Gasteiger partial charge on any atom is 0.0361 e. The number of nitrogens with zero attached hydrogens (tertiary/aromatic N) is 1. The van der Waals surface area contributed by atoms with E-state index in [2.05, 4.69) is 95.3 Å². The van der Waals surface area contributed by atoms with Crippen molar-refractivity contribution in [3.05, 3.63) is 90.0 Å². The highest BCUT2D eigenvalue weighted by atomic mass is 15.1. The number of hydrogen-bond donors (Lipinski definition) is 0. The first kappa shape index (κ1) is 17.2. The van der Waals surface area contributed by atoms with Gasteiger partial charge in [0.05, 0.1) is 0 Å². The summed E-state index contributed by atoms with van der Waals surface area (Å²) in [4.78, 5) is 2.07. The van der Waals surface area contributed by atoms with E-state index in [0.29, 0.717) is 0 Å². The molecule has 29 heavy (non-hydrogen) atoms. The lowest BCUT2D eigenvalue weighted by Gasteiger charge is -2.11. The quantitative estimate of drug-likeness (QED) is 0.257. The average Bonchev–Trinajstić information content (AvgIpc) is 2.76. The molecule has 0 bridgehead atoms. The van der Waals surface area contributed by atoms with Crippen molar-refractivity contribution < 1.29 is 0 Å². The van der Waals surface area contributed by atoms with Crippen molar-refractivity contribution in [3.8, 4) is 23.7 Å². The lowest BCUT2D eigenvalue weighted by molar-refractivity contribution is 1.13. The Bertz CT molecular complexity index is 1450. The third kappa shape index (κ3) is 3.04. The minimum atomic E-state index is 0.972. The maximum absolute atomic E-state index is 3.27. The molecule has 5 rings (SSSR count). The molecule has 0 aromatic heterocycles. The lowest BCUT2D eigenvalue weighted by Crippen LogP contribution is -2.07. The second-order valence-electron chi connectivity index (χ2n) is 7.41. The Labute approximate surface area is 170 Å². The smallest absolute Gasteiger partial charge is 0.0361 e. The molecule has 1 heteroatoms. The van der Waals surface area contributed by atoms with Gasteiger partial charge in [-0.2, -0.15) is 0 Å². The molecule has 0 aliphatic heterocycles. The van der Waals surface area contributed by atoms with Gasteiger partial charge in [-0.15, -0.1) is 0 Å². The number of benzene rings is 5. The van der Waals surface area contributed by atoms with Crippen LogP contribution < -0.4 is 4.90 Å². The molecule has 5 aromatic carbocycles. The summed E-state index contributed by atoms with van der Waals surface area (Å²) in [6, 6.07) is 27.7. The van der Waals surface area contributed by atoms with Gasteiger partial charge in [-0.3, -0.25) is 0 Å². The van der Waals surface area contributed by atoms with Crippen LogP contribution in [0.3, 0.4) is 0 Å². The van der Waals surface area contributed by atoms with Crippen molar-refractivity contribution in [2.45, 2.75) is 0 Å². The minimum absolute atomic E-state index is 0.972. The Morgan fingerprint density at radius 2 is 1.21 bits per heavy atom. The summed E-state index contributed by atoms with van der Waals surface area (Å²) in [5, 5.41) is 7.59. The van der Waals surface area contributed by atoms with Gasteiger partial charge in [-0.1, -0.05) is 60.4 Å². The first-order valence-electron chi connectivity index (χ1n) is 9.67. The molecule has 5 aromatic rings. The van der Waals surface area contributed by atoms with Gasteiger partial charge in [0.15, 0.2) is 0 Å². The van der Waals surface area contributed by atoms with Crippen LogP contribution in [0.1, 0.15) is 11.1 Å². The zero-order valence-corrected chi connectivity index (χ0v) is 16.5. The summed E-state index contributed by atoms with van der Waals surface area (Å²) < 4.78 is 0. The van der Waals surface area contributed by atoms with Gasteiger partial charge >= 0.3 is 0 Å². The van der Waals surface area contributed by atoms with E-state index < -0.39 is 0 Å². The average molecular weight is 369 g/mol. The Balaban J connectivity index is 1.55. The minimum Gasteiger partial charge on any atom is -0.378 e. The Morgan fingerprint density at radius 1 is 0.586 bits per heavy atom. The fourth-order valence-corrected chi connectivity index (χ4v) is 3.89. The summed E-state index contributed by atoms with van der Waals surface area (Å²) in [6.45, 7) is 0. The molecule has 136 valence electrons. The zero-order valence-electron chi connectivity index (χ0n) is 16.5. The van der Waals surface area contributed by atoms with E-state index in [4.69, 9.17) is 0 Å². The second-order valence-corrected chi connectivity index (χ2v) is 7.41. The predicted molar refractivity (Wildman–Crippen MR) is 125 cm³/mol. The summed E-state index contributed by atoms with van der Waals surface area (Å²) in [5.74, 6) is 12.4. The van der Waals surface area contributed by atoms with E-state index in [1.54, 1.807) is 0 Å². The molecular weight excluding hydrogens is 350 g/mol. The predicted octanol–water partition coefficient (Wildman–Crippen LogP) is 6.05. The monoisotopic (exact) mass is 369 g/mol. The van der Waals surface area contributed by atoms with E-state index in [0.717, 1.165) is 16.8 Å². The number of rotatable bonds is 1. The lowest BCUT2D eigenvalue weighted by atomic mass is 9.92. The summed E-state index contributed by atoms with van der Waals surface area (Å²) in [5.41, 5.74) is 3.16. The van der Waals surface area contributed by atoms with E-state index >= 15 is 0 Å². The van der Waals surface area contributed by atoms with Crippen LogP contribution in [0, 0.1) is 23.7 Å². The van der Waals surface area contributed by atoms with Crippen LogP contribution in [0.2, 0.25) is 0 Å². The van der Waals surface area contributed by atoms with Gasteiger partial charge in [0.25, 0.3) is 0 Å². The molecule has 0 aliphatic rings. The van der Waals surface area contributed by atoms with Gasteiger partial charge < -0.3 is 4.90 Å². The van der Waals surface area contributed by atoms with Crippen molar-refractivity contribution in [2.24, 2.45) is 0 Å². The van der Waals surface area contributed by atoms with Crippen molar-refractivity contribution >= 4 is 38.0 Å². The molecule has 0 atom stereocenters. The van der Waals surface area contributed by atoms with Crippen LogP contribution in [-0.4, -0.2) is 14.1 Å². The van der Waals surface area contributed by atoms with Crippen molar-refractivity contribution in [3.63, 3.8) is 0 Å². The number of anilines is 1. The summed E-state index contributed by atoms with van der Waals surface area (Å²) in [6.07, 6.45) is 0. The maximum atomic E-state index is 3.27. The molecule has 0 radical (unpaired) electrons. The molecule has 0 amide bonds. The highest BCUT2D eigenvalue weighted by Gasteiger charge is 2.09. The van der Waals surface area contributed by atoms with Gasteiger partial charge in [-0.05, 0) is 74.5 Å². The number of hydrogen-bond acceptors (Lipinski definition) is 1. The highest BCUT2D eigenvalue weighted by Crippen LogP contribution is 2.35. The highest BCUT2D eigenvalue weighted by molar-refractivity contribution is 6.23. The SMILES string of the molecule is CN(C)c1ccc(C#CC#Cc2ccc3ccc4cccc5ccc2c3c45)cc1. The van der Waals surface area contributed by atoms with Gasteiger partial charge in [0.2, 0.25) is 0 Å². The Kier molecular flexibility index (Phi) is 4.09. The molecule has 0 N–H and O–H groups in total. The Morgan fingerprint density at radius 3 is 1.93 bits per heavy atom. The second kappa shape index (κ2) is 6.90. The van der Waals surface area contributed by atoms with Crippen LogP contribution in [-0.2, 0) is 0 Å². The summed E-state index contributed by atoms with van der Waals surface area (Å²) in [7, 11) is 4.06. The molecule has 0 aliphatic carbocycles. The van der Waals surface area contributed by atoms with Crippen LogP contribution in [0.25, 0.3) is 32.3 Å². The standard InChI is InChI=1S/C28H19N/c1-29(2)25-17-10-20(11-18-25)6-3-4-7-21-12-13-24-15-14-22-8-5-9-23-16-19-26(21)28(24)27(22)23/h5,8-19H,1-2H3. The van der Waals surface area contributed by atoms with Crippen LogP contribution in [0.4, 0.5) is 5.69 Å². The van der Waals surface area contributed by atoms with Gasteiger partial charge in [-0.25, -0.2) is 0 Å². The van der Waals surface area contributed by atoms with E-state index in [1.807, 2.05) is 26.2 Å². The van der Waals surface area contributed by atoms with Crippen LogP contribution in [0.15, 0.2) is 78.9 Å². The fraction of sp³-hybridized carbons (Fsp3) is 0.0714. The zero-order chi connectivity index (χ0) is 19.8. The van der Waals surface area contributed by atoms with Crippen LogP contribution >= 0.6 is 0 Å². The topological polar surface area (TPSA) is 3.24 Å².